The Kier molecular flexibility index (Phi) is 4.64. The number of aliphatic hydroxyl groups is 1. The largest absolute Gasteiger partial charge is 0.385 e. The highest BCUT2D eigenvalue weighted by molar-refractivity contribution is 6.31. The van der Waals surface area contributed by atoms with Gasteiger partial charge in [-0.05, 0) is 30.7 Å². The summed E-state index contributed by atoms with van der Waals surface area (Å²) < 4.78 is 16.0. The first-order valence-electron chi connectivity index (χ1n) is 7.68. The minimum atomic E-state index is -0.682. The molecular weight excluding hydrogens is 315 g/mol. The summed E-state index contributed by atoms with van der Waals surface area (Å²) >= 11 is 6.15. The van der Waals surface area contributed by atoms with E-state index in [4.69, 9.17) is 11.6 Å². The van der Waals surface area contributed by atoms with Crippen molar-refractivity contribution < 1.29 is 9.50 Å². The molecule has 0 saturated carbocycles. The van der Waals surface area contributed by atoms with E-state index in [0.29, 0.717) is 22.8 Å². The molecule has 1 heterocycles. The number of imidazole rings is 1. The standard InChI is InChI=1S/C18H18ClFN2O/c1-2-6-17(23)18-21-15-9-3-4-10-16(15)22(18)11-12-13(19)7-5-8-14(12)20/h3-5,7-10,17,23H,2,6,11H2,1H3. The first-order chi connectivity index (χ1) is 11.1. The van der Waals surface area contributed by atoms with E-state index in [0.717, 1.165) is 17.5 Å². The summed E-state index contributed by atoms with van der Waals surface area (Å²) in [5.74, 6) is 0.193. The Morgan fingerprint density at radius 2 is 2.00 bits per heavy atom. The lowest BCUT2D eigenvalue weighted by Crippen LogP contribution is -2.11. The molecule has 5 heteroatoms. The number of hydrogen-bond donors (Lipinski definition) is 1. The average Bonchev–Trinajstić information content (AvgIpc) is 2.90. The Hall–Kier alpha value is -1.91. The number of benzene rings is 2. The Morgan fingerprint density at radius 3 is 2.74 bits per heavy atom. The summed E-state index contributed by atoms with van der Waals surface area (Å²) in [5.41, 5.74) is 2.05. The maximum atomic E-state index is 14.1. The van der Waals surface area contributed by atoms with Gasteiger partial charge in [-0.2, -0.15) is 0 Å². The Balaban J connectivity index is 2.13. The molecule has 1 unspecified atom stereocenters. The highest BCUT2D eigenvalue weighted by Gasteiger charge is 2.19. The number of halogens is 2. The second-order valence-electron chi connectivity index (χ2n) is 5.55. The van der Waals surface area contributed by atoms with Gasteiger partial charge in [-0.15, -0.1) is 0 Å². The van der Waals surface area contributed by atoms with Crippen LogP contribution in [0.4, 0.5) is 4.39 Å². The minimum Gasteiger partial charge on any atom is -0.385 e. The fraction of sp³-hybridized carbons (Fsp3) is 0.278. The van der Waals surface area contributed by atoms with Gasteiger partial charge < -0.3 is 9.67 Å². The van der Waals surface area contributed by atoms with Crippen LogP contribution in [0.3, 0.4) is 0 Å². The zero-order valence-electron chi connectivity index (χ0n) is 12.8. The lowest BCUT2D eigenvalue weighted by molar-refractivity contribution is 0.153. The van der Waals surface area contributed by atoms with Crippen LogP contribution >= 0.6 is 11.6 Å². The Labute approximate surface area is 139 Å². The summed E-state index contributed by atoms with van der Waals surface area (Å²) in [6.45, 7) is 2.24. The molecule has 0 aliphatic rings. The lowest BCUT2D eigenvalue weighted by Gasteiger charge is -2.14. The van der Waals surface area contributed by atoms with Gasteiger partial charge in [0.15, 0.2) is 0 Å². The number of aliphatic hydroxyl groups excluding tert-OH is 1. The van der Waals surface area contributed by atoms with E-state index in [1.165, 1.54) is 6.07 Å². The molecule has 1 aromatic heterocycles. The summed E-state index contributed by atoms with van der Waals surface area (Å²) in [6, 6.07) is 12.2. The van der Waals surface area contributed by atoms with Crippen LogP contribution in [0.5, 0.6) is 0 Å². The number of aromatic nitrogens is 2. The highest BCUT2D eigenvalue weighted by atomic mass is 35.5. The molecule has 0 bridgehead atoms. The first kappa shape index (κ1) is 16.0. The van der Waals surface area contributed by atoms with Crippen LogP contribution in [0, 0.1) is 5.82 Å². The molecule has 3 nitrogen and oxygen atoms in total. The number of hydrogen-bond acceptors (Lipinski definition) is 2. The molecule has 23 heavy (non-hydrogen) atoms. The van der Waals surface area contributed by atoms with Gasteiger partial charge in [0.2, 0.25) is 0 Å². The Morgan fingerprint density at radius 1 is 1.22 bits per heavy atom. The Bertz CT molecular complexity index is 811. The van der Waals surface area contributed by atoms with Gasteiger partial charge in [0.1, 0.15) is 17.7 Å². The fourth-order valence-electron chi connectivity index (χ4n) is 2.76. The third-order valence-corrected chi connectivity index (χ3v) is 4.28. The number of para-hydroxylation sites is 2. The normalized spacial score (nSPS) is 12.7. The maximum absolute atomic E-state index is 14.1. The third-order valence-electron chi connectivity index (χ3n) is 3.92. The molecule has 0 fully saturated rings. The van der Waals surface area contributed by atoms with Crippen LogP contribution < -0.4 is 0 Å². The van der Waals surface area contributed by atoms with Gasteiger partial charge in [-0.1, -0.05) is 43.1 Å². The van der Waals surface area contributed by atoms with Crippen LogP contribution in [-0.2, 0) is 6.54 Å². The molecule has 0 aliphatic heterocycles. The molecule has 0 radical (unpaired) electrons. The van der Waals surface area contributed by atoms with Crippen LogP contribution in [0.1, 0.15) is 37.3 Å². The van der Waals surface area contributed by atoms with E-state index in [9.17, 15) is 9.50 Å². The van der Waals surface area contributed by atoms with Gasteiger partial charge in [0, 0.05) is 10.6 Å². The van der Waals surface area contributed by atoms with Crippen LogP contribution in [-0.4, -0.2) is 14.7 Å². The van der Waals surface area contributed by atoms with Crippen LogP contribution in [0.25, 0.3) is 11.0 Å². The predicted octanol–water partition coefficient (Wildman–Crippen LogP) is 4.71. The smallest absolute Gasteiger partial charge is 0.139 e. The lowest BCUT2D eigenvalue weighted by atomic mass is 10.1. The topological polar surface area (TPSA) is 38.1 Å². The zero-order valence-corrected chi connectivity index (χ0v) is 13.6. The molecule has 2 aromatic carbocycles. The molecule has 0 spiro atoms. The van der Waals surface area contributed by atoms with Crippen molar-refractivity contribution in [1.82, 2.24) is 9.55 Å². The van der Waals surface area contributed by atoms with Crippen molar-refractivity contribution in [2.24, 2.45) is 0 Å². The van der Waals surface area contributed by atoms with E-state index in [-0.39, 0.29) is 12.4 Å². The van der Waals surface area contributed by atoms with E-state index in [1.807, 2.05) is 35.8 Å². The van der Waals surface area contributed by atoms with E-state index >= 15 is 0 Å². The SMILES string of the molecule is CCCC(O)c1nc2ccccc2n1Cc1c(F)cccc1Cl. The third kappa shape index (κ3) is 3.09. The van der Waals surface area contributed by atoms with Gasteiger partial charge in [-0.25, -0.2) is 9.37 Å². The van der Waals surface area contributed by atoms with Gasteiger partial charge >= 0.3 is 0 Å². The number of rotatable bonds is 5. The quantitative estimate of drug-likeness (QED) is 0.734. The van der Waals surface area contributed by atoms with Crippen LogP contribution in [0.15, 0.2) is 42.5 Å². The summed E-state index contributed by atoms with van der Waals surface area (Å²) in [4.78, 5) is 4.53. The first-order valence-corrected chi connectivity index (χ1v) is 8.05. The van der Waals surface area contributed by atoms with E-state index in [2.05, 4.69) is 4.98 Å². The monoisotopic (exact) mass is 332 g/mol. The summed E-state index contributed by atoms with van der Waals surface area (Å²) in [7, 11) is 0. The number of nitrogens with zero attached hydrogens (tertiary/aromatic N) is 2. The highest BCUT2D eigenvalue weighted by Crippen LogP contribution is 2.27. The van der Waals surface area contributed by atoms with Crippen molar-refractivity contribution in [2.45, 2.75) is 32.4 Å². The molecule has 1 N–H and O–H groups in total. The zero-order chi connectivity index (χ0) is 16.4. The molecular formula is C18H18ClFN2O. The van der Waals surface area contributed by atoms with Crippen molar-refractivity contribution >= 4 is 22.6 Å². The van der Waals surface area contributed by atoms with Crippen molar-refractivity contribution in [2.75, 3.05) is 0 Å². The fourth-order valence-corrected chi connectivity index (χ4v) is 2.98. The molecule has 3 rings (SSSR count). The summed E-state index contributed by atoms with van der Waals surface area (Å²) in [6.07, 6.45) is 0.761. The second kappa shape index (κ2) is 6.69. The molecule has 120 valence electrons. The molecule has 1 atom stereocenters. The van der Waals surface area contributed by atoms with Crippen molar-refractivity contribution in [3.05, 3.63) is 64.7 Å². The van der Waals surface area contributed by atoms with Crippen molar-refractivity contribution in [1.29, 1.82) is 0 Å². The maximum Gasteiger partial charge on any atom is 0.139 e. The van der Waals surface area contributed by atoms with Gasteiger partial charge in [0.05, 0.1) is 17.6 Å². The minimum absolute atomic E-state index is 0.238. The van der Waals surface area contributed by atoms with E-state index in [1.54, 1.807) is 12.1 Å². The molecule has 0 amide bonds. The molecule has 0 saturated heterocycles. The summed E-state index contributed by atoms with van der Waals surface area (Å²) in [5, 5.41) is 10.8. The van der Waals surface area contributed by atoms with Crippen molar-refractivity contribution in [3.63, 3.8) is 0 Å². The number of fused-ring (bicyclic) bond motifs is 1. The van der Waals surface area contributed by atoms with Crippen LogP contribution in [0.2, 0.25) is 5.02 Å². The van der Waals surface area contributed by atoms with Gasteiger partial charge in [0.25, 0.3) is 0 Å². The van der Waals surface area contributed by atoms with Gasteiger partial charge in [-0.3, -0.25) is 0 Å². The second-order valence-corrected chi connectivity index (χ2v) is 5.96. The average molecular weight is 333 g/mol. The molecule has 3 aromatic rings. The molecule has 0 aliphatic carbocycles. The predicted molar refractivity (Wildman–Crippen MR) is 90.1 cm³/mol. The van der Waals surface area contributed by atoms with Crippen molar-refractivity contribution in [3.8, 4) is 0 Å². The van der Waals surface area contributed by atoms with E-state index < -0.39 is 6.10 Å².